The maximum absolute atomic E-state index is 13.3. The third kappa shape index (κ3) is 4.29. The van der Waals surface area contributed by atoms with E-state index in [0.29, 0.717) is 12.6 Å². The van der Waals surface area contributed by atoms with Gasteiger partial charge in [-0.05, 0) is 44.4 Å². The van der Waals surface area contributed by atoms with Gasteiger partial charge in [-0.3, -0.25) is 10.2 Å². The van der Waals surface area contributed by atoms with Crippen molar-refractivity contribution in [2.45, 2.75) is 43.8 Å². The van der Waals surface area contributed by atoms with Crippen LogP contribution in [0.15, 0.2) is 30.3 Å². The number of amides is 3. The highest BCUT2D eigenvalue weighted by molar-refractivity contribution is 5.89. The number of benzene rings is 1. The van der Waals surface area contributed by atoms with Gasteiger partial charge in [0.1, 0.15) is 6.04 Å². The Balaban J connectivity index is 1.33. The van der Waals surface area contributed by atoms with Gasteiger partial charge in [-0.15, -0.1) is 0 Å². The van der Waals surface area contributed by atoms with Crippen LogP contribution in [-0.4, -0.2) is 61.1 Å². The second-order valence-corrected chi connectivity index (χ2v) is 7.91. The van der Waals surface area contributed by atoms with Crippen LogP contribution >= 0.6 is 0 Å². The molecule has 0 aromatic heterocycles. The molecule has 8 nitrogen and oxygen atoms in total. The Morgan fingerprint density at radius 2 is 1.96 bits per heavy atom. The number of carbonyl (C=O) groups is 2. The molecule has 3 aliphatic heterocycles. The first-order valence-electron chi connectivity index (χ1n) is 10.3. The Morgan fingerprint density at radius 3 is 2.82 bits per heavy atom. The van der Waals surface area contributed by atoms with Gasteiger partial charge in [0, 0.05) is 43.3 Å². The smallest absolute Gasteiger partial charge is 0.319 e. The van der Waals surface area contributed by atoms with Crippen LogP contribution in [0, 0.1) is 5.92 Å². The van der Waals surface area contributed by atoms with E-state index in [1.807, 2.05) is 35.2 Å². The summed E-state index contributed by atoms with van der Waals surface area (Å²) in [5, 5.41) is 9.18. The van der Waals surface area contributed by atoms with Gasteiger partial charge in [-0.2, -0.15) is 0 Å². The van der Waals surface area contributed by atoms with Crippen molar-refractivity contribution < 1.29 is 9.59 Å². The molecule has 5 N–H and O–H groups in total. The Bertz CT molecular complexity index is 685. The summed E-state index contributed by atoms with van der Waals surface area (Å²) in [4.78, 5) is 27.5. The summed E-state index contributed by atoms with van der Waals surface area (Å²) in [6.07, 6.45) is 4.06. The number of rotatable bonds is 4. The number of nitrogens with one attached hydrogen (secondary N) is 5. The van der Waals surface area contributed by atoms with Gasteiger partial charge in [-0.1, -0.05) is 18.2 Å². The predicted molar refractivity (Wildman–Crippen MR) is 108 cm³/mol. The average molecular weight is 387 g/mol. The van der Waals surface area contributed by atoms with E-state index in [4.69, 9.17) is 0 Å². The van der Waals surface area contributed by atoms with Gasteiger partial charge in [0.15, 0.2) is 0 Å². The van der Waals surface area contributed by atoms with Crippen LogP contribution in [0.25, 0.3) is 0 Å². The number of piperidine rings is 2. The van der Waals surface area contributed by atoms with Gasteiger partial charge < -0.3 is 20.9 Å². The van der Waals surface area contributed by atoms with E-state index in [9.17, 15) is 9.59 Å². The highest BCUT2D eigenvalue weighted by Crippen LogP contribution is 2.25. The molecule has 152 valence electrons. The molecule has 4 rings (SSSR count). The Labute approximate surface area is 165 Å². The zero-order chi connectivity index (χ0) is 19.3. The van der Waals surface area contributed by atoms with Crippen molar-refractivity contribution in [1.29, 1.82) is 0 Å². The number of fused-ring (bicyclic) bond motifs is 1. The molecule has 4 atom stereocenters. The first kappa shape index (κ1) is 19.2. The monoisotopic (exact) mass is 386 g/mol. The number of carbonyl (C=O) groups excluding carboxylic acids is 2. The maximum atomic E-state index is 13.3. The third-order valence-electron chi connectivity index (χ3n) is 6.09. The van der Waals surface area contributed by atoms with E-state index in [1.165, 1.54) is 0 Å². The molecule has 1 aromatic carbocycles. The molecule has 4 unspecified atom stereocenters. The molecule has 8 heteroatoms. The standard InChI is InChI=1S/C20H30N6O2/c27-19(18-16-13-21-10-9-17(16)24-25-18)26-11-5-4-8-15(26)12-22-20(28)23-14-6-2-1-3-7-14/h1-3,6-7,15-18,21,24-25H,4-5,8-13H2,(H2,22,23,28). The summed E-state index contributed by atoms with van der Waals surface area (Å²) < 4.78 is 0. The van der Waals surface area contributed by atoms with Gasteiger partial charge in [0.05, 0.1) is 0 Å². The van der Waals surface area contributed by atoms with E-state index in [0.717, 1.165) is 51.0 Å². The van der Waals surface area contributed by atoms with Crippen molar-refractivity contribution in [1.82, 2.24) is 26.4 Å². The zero-order valence-electron chi connectivity index (χ0n) is 16.1. The van der Waals surface area contributed by atoms with Crippen LogP contribution < -0.4 is 26.8 Å². The van der Waals surface area contributed by atoms with Gasteiger partial charge in [-0.25, -0.2) is 10.2 Å². The van der Waals surface area contributed by atoms with Crippen LogP contribution in [-0.2, 0) is 4.79 Å². The van der Waals surface area contributed by atoms with Crippen LogP contribution in [0.2, 0.25) is 0 Å². The second kappa shape index (κ2) is 8.89. The predicted octanol–water partition coefficient (Wildman–Crippen LogP) is 0.644. The van der Waals surface area contributed by atoms with Crippen molar-refractivity contribution in [3.8, 4) is 0 Å². The molecule has 3 saturated heterocycles. The highest BCUT2D eigenvalue weighted by Gasteiger charge is 2.44. The molecule has 3 amide bonds. The number of hydrogen-bond acceptors (Lipinski definition) is 5. The molecule has 0 saturated carbocycles. The van der Waals surface area contributed by atoms with E-state index in [-0.39, 0.29) is 29.9 Å². The van der Waals surface area contributed by atoms with Gasteiger partial charge in [0.2, 0.25) is 5.91 Å². The fourth-order valence-corrected chi connectivity index (χ4v) is 4.55. The van der Waals surface area contributed by atoms with Crippen molar-refractivity contribution in [2.24, 2.45) is 5.92 Å². The maximum Gasteiger partial charge on any atom is 0.319 e. The van der Waals surface area contributed by atoms with Crippen LogP contribution in [0.3, 0.4) is 0 Å². The lowest BCUT2D eigenvalue weighted by Gasteiger charge is -2.38. The number of likely N-dealkylation sites (tertiary alicyclic amines) is 1. The molecule has 0 radical (unpaired) electrons. The lowest BCUT2D eigenvalue weighted by molar-refractivity contribution is -0.137. The van der Waals surface area contributed by atoms with Crippen molar-refractivity contribution >= 4 is 17.6 Å². The molecule has 3 heterocycles. The normalized spacial score (nSPS) is 29.8. The summed E-state index contributed by atoms with van der Waals surface area (Å²) in [6, 6.07) is 9.34. The summed E-state index contributed by atoms with van der Waals surface area (Å²) in [6.45, 7) is 3.08. The lowest BCUT2D eigenvalue weighted by Crippen LogP contribution is -2.57. The second-order valence-electron chi connectivity index (χ2n) is 7.91. The molecule has 0 aliphatic carbocycles. The van der Waals surface area contributed by atoms with E-state index < -0.39 is 0 Å². The fraction of sp³-hybridized carbons (Fsp3) is 0.600. The van der Waals surface area contributed by atoms with Crippen molar-refractivity contribution in [3.05, 3.63) is 30.3 Å². The molecule has 3 fully saturated rings. The SMILES string of the molecule is O=C(NCC1CCCCN1C(=O)C1NNC2CCNCC21)Nc1ccccc1. The van der Waals surface area contributed by atoms with Crippen LogP contribution in [0.4, 0.5) is 10.5 Å². The largest absolute Gasteiger partial charge is 0.337 e. The van der Waals surface area contributed by atoms with Crippen LogP contribution in [0.1, 0.15) is 25.7 Å². The van der Waals surface area contributed by atoms with Crippen molar-refractivity contribution in [3.63, 3.8) is 0 Å². The molecule has 28 heavy (non-hydrogen) atoms. The van der Waals surface area contributed by atoms with E-state index in [1.54, 1.807) is 0 Å². The molecule has 0 bridgehead atoms. The molecule has 0 spiro atoms. The number of para-hydroxylation sites is 1. The van der Waals surface area contributed by atoms with Crippen LogP contribution in [0.5, 0.6) is 0 Å². The van der Waals surface area contributed by atoms with E-state index >= 15 is 0 Å². The summed E-state index contributed by atoms with van der Waals surface area (Å²) >= 11 is 0. The zero-order valence-corrected chi connectivity index (χ0v) is 16.1. The summed E-state index contributed by atoms with van der Waals surface area (Å²) in [5.41, 5.74) is 7.29. The first-order valence-corrected chi connectivity index (χ1v) is 10.3. The minimum Gasteiger partial charge on any atom is -0.337 e. The Hall–Kier alpha value is -2.16. The highest BCUT2D eigenvalue weighted by atomic mass is 16.2. The molecule has 3 aliphatic rings. The molecule has 1 aromatic rings. The fourth-order valence-electron chi connectivity index (χ4n) is 4.55. The summed E-state index contributed by atoms with van der Waals surface area (Å²) in [5.74, 6) is 0.428. The number of urea groups is 1. The topological polar surface area (TPSA) is 97.5 Å². The number of hydrazine groups is 1. The average Bonchev–Trinajstić information content (AvgIpc) is 3.17. The minimum absolute atomic E-state index is 0.0418. The van der Waals surface area contributed by atoms with Gasteiger partial charge >= 0.3 is 6.03 Å². The minimum atomic E-state index is -0.235. The Morgan fingerprint density at radius 1 is 1.11 bits per heavy atom. The number of nitrogens with zero attached hydrogens (tertiary/aromatic N) is 1. The first-order chi connectivity index (χ1) is 13.7. The van der Waals surface area contributed by atoms with E-state index in [2.05, 4.69) is 26.8 Å². The quantitative estimate of drug-likeness (QED) is 0.523. The third-order valence-corrected chi connectivity index (χ3v) is 6.09. The van der Waals surface area contributed by atoms with Crippen molar-refractivity contribution in [2.75, 3.05) is 31.5 Å². The molecular formula is C20H30N6O2. The number of hydrogen-bond donors (Lipinski definition) is 5. The molecular weight excluding hydrogens is 356 g/mol. The van der Waals surface area contributed by atoms with Gasteiger partial charge in [0.25, 0.3) is 0 Å². The lowest BCUT2D eigenvalue weighted by atomic mass is 9.88. The Kier molecular flexibility index (Phi) is 6.09. The summed E-state index contributed by atoms with van der Waals surface area (Å²) in [7, 11) is 0. The number of anilines is 1.